The fourth-order valence-corrected chi connectivity index (χ4v) is 3.53. The van der Waals surface area contributed by atoms with Crippen LogP contribution in [0.1, 0.15) is 43.6 Å². The number of hydrogen-bond donors (Lipinski definition) is 0. The van der Waals surface area contributed by atoms with Gasteiger partial charge in [-0.3, -0.25) is 4.57 Å². The number of aromatic nitrogens is 3. The first kappa shape index (κ1) is 12.6. The van der Waals surface area contributed by atoms with Crippen LogP contribution in [-0.4, -0.2) is 14.5 Å². The lowest BCUT2D eigenvalue weighted by Gasteiger charge is -2.23. The van der Waals surface area contributed by atoms with E-state index >= 15 is 0 Å². The highest BCUT2D eigenvalue weighted by Gasteiger charge is 2.19. The predicted octanol–water partition coefficient (Wildman–Crippen LogP) is 4.47. The van der Waals surface area contributed by atoms with Crippen molar-refractivity contribution in [3.8, 4) is 5.82 Å². The maximum atomic E-state index is 4.75. The number of benzene rings is 1. The smallest absolute Gasteiger partial charge is 0.145 e. The summed E-state index contributed by atoms with van der Waals surface area (Å²) >= 11 is 0. The summed E-state index contributed by atoms with van der Waals surface area (Å²) in [5.41, 5.74) is 1.43. The van der Waals surface area contributed by atoms with Gasteiger partial charge in [-0.2, -0.15) is 0 Å². The summed E-state index contributed by atoms with van der Waals surface area (Å²) in [6.07, 6.45) is 14.3. The van der Waals surface area contributed by atoms with Crippen molar-refractivity contribution in [1.82, 2.24) is 14.5 Å². The molecule has 2 aromatic heterocycles. The lowest BCUT2D eigenvalue weighted by atomic mass is 9.83. The summed E-state index contributed by atoms with van der Waals surface area (Å²) < 4.78 is 1.99. The molecule has 106 valence electrons. The van der Waals surface area contributed by atoms with E-state index in [4.69, 9.17) is 4.98 Å². The zero-order valence-electron chi connectivity index (χ0n) is 12.1. The lowest BCUT2D eigenvalue weighted by molar-refractivity contribution is 0.445. The van der Waals surface area contributed by atoms with Crippen molar-refractivity contribution in [3.63, 3.8) is 0 Å². The highest BCUT2D eigenvalue weighted by atomic mass is 15.1. The molecule has 3 aromatic rings. The molecule has 3 heteroatoms. The van der Waals surface area contributed by atoms with Crippen molar-refractivity contribution in [3.05, 3.63) is 54.7 Å². The Balaban J connectivity index is 1.89. The number of nitrogens with zero attached hydrogens (tertiary/aromatic N) is 3. The molecule has 0 spiro atoms. The molecule has 0 radical (unpaired) electrons. The third-order valence-electron chi connectivity index (χ3n) is 4.60. The molecule has 0 N–H and O–H groups in total. The Morgan fingerprint density at radius 1 is 1.00 bits per heavy atom. The predicted molar refractivity (Wildman–Crippen MR) is 84.7 cm³/mol. The second-order valence-corrected chi connectivity index (χ2v) is 5.89. The Kier molecular flexibility index (Phi) is 3.18. The van der Waals surface area contributed by atoms with Gasteiger partial charge in [-0.25, -0.2) is 9.97 Å². The molecular weight excluding hydrogens is 258 g/mol. The number of imidazole rings is 1. The summed E-state index contributed by atoms with van der Waals surface area (Å²) in [7, 11) is 0. The van der Waals surface area contributed by atoms with Crippen LogP contribution in [0.4, 0.5) is 0 Å². The molecule has 1 aromatic carbocycles. The molecular formula is C18H19N3. The van der Waals surface area contributed by atoms with E-state index in [2.05, 4.69) is 35.4 Å². The highest BCUT2D eigenvalue weighted by molar-refractivity contribution is 5.91. The van der Waals surface area contributed by atoms with Gasteiger partial charge in [0.05, 0.1) is 0 Å². The summed E-state index contributed by atoms with van der Waals surface area (Å²) in [5, 5.41) is 2.57. The van der Waals surface area contributed by atoms with Crippen molar-refractivity contribution in [2.75, 3.05) is 0 Å². The average molecular weight is 277 g/mol. The molecule has 0 unspecified atom stereocenters. The molecule has 0 atom stereocenters. The Morgan fingerprint density at radius 3 is 2.57 bits per heavy atom. The molecule has 0 bridgehead atoms. The largest absolute Gasteiger partial charge is 0.290 e. The normalized spacial score (nSPS) is 16.4. The van der Waals surface area contributed by atoms with Crippen LogP contribution in [0, 0.1) is 0 Å². The van der Waals surface area contributed by atoms with Gasteiger partial charge in [0, 0.05) is 24.0 Å². The van der Waals surface area contributed by atoms with Gasteiger partial charge in [-0.1, -0.05) is 43.5 Å². The molecule has 4 rings (SSSR count). The molecule has 21 heavy (non-hydrogen) atoms. The van der Waals surface area contributed by atoms with E-state index in [-0.39, 0.29) is 0 Å². The second kappa shape index (κ2) is 5.32. The second-order valence-electron chi connectivity index (χ2n) is 5.89. The quantitative estimate of drug-likeness (QED) is 0.692. The van der Waals surface area contributed by atoms with Crippen molar-refractivity contribution < 1.29 is 0 Å². The van der Waals surface area contributed by atoms with Crippen molar-refractivity contribution >= 4 is 10.8 Å². The first-order valence-corrected chi connectivity index (χ1v) is 7.79. The van der Waals surface area contributed by atoms with Crippen LogP contribution in [0.25, 0.3) is 16.6 Å². The monoisotopic (exact) mass is 277 g/mol. The fourth-order valence-electron chi connectivity index (χ4n) is 3.53. The van der Waals surface area contributed by atoms with Gasteiger partial charge in [0.25, 0.3) is 0 Å². The fraction of sp³-hybridized carbons (Fsp3) is 0.333. The molecule has 1 saturated carbocycles. The maximum Gasteiger partial charge on any atom is 0.145 e. The third-order valence-corrected chi connectivity index (χ3v) is 4.60. The first-order chi connectivity index (χ1) is 10.4. The van der Waals surface area contributed by atoms with E-state index in [0.717, 1.165) is 5.82 Å². The van der Waals surface area contributed by atoms with Crippen LogP contribution in [0.5, 0.6) is 0 Å². The van der Waals surface area contributed by atoms with Crippen molar-refractivity contribution in [2.24, 2.45) is 0 Å². The van der Waals surface area contributed by atoms with E-state index in [1.807, 2.05) is 17.1 Å². The van der Waals surface area contributed by atoms with Crippen LogP contribution in [-0.2, 0) is 0 Å². The van der Waals surface area contributed by atoms with E-state index < -0.39 is 0 Å². The molecule has 2 heterocycles. The minimum atomic E-state index is 0.674. The lowest BCUT2D eigenvalue weighted by Crippen LogP contribution is -2.07. The van der Waals surface area contributed by atoms with Crippen LogP contribution in [0.2, 0.25) is 0 Å². The zero-order chi connectivity index (χ0) is 14.1. The topological polar surface area (TPSA) is 30.7 Å². The summed E-state index contributed by atoms with van der Waals surface area (Å²) in [6, 6.07) is 8.63. The van der Waals surface area contributed by atoms with Crippen LogP contribution >= 0.6 is 0 Å². The highest BCUT2D eigenvalue weighted by Crippen LogP contribution is 2.37. The van der Waals surface area contributed by atoms with Gasteiger partial charge in [-0.05, 0) is 29.7 Å². The molecule has 1 aliphatic rings. The number of hydrogen-bond acceptors (Lipinski definition) is 2. The standard InChI is InChI=1S/C18H19N3/c1-2-6-14(7-3-1)17-12-20-18(21-11-10-19-13-21)16-9-5-4-8-15(16)17/h4-5,8-14H,1-3,6-7H2. The summed E-state index contributed by atoms with van der Waals surface area (Å²) in [6.45, 7) is 0. The van der Waals surface area contributed by atoms with Gasteiger partial charge in [0.2, 0.25) is 0 Å². The molecule has 0 amide bonds. The minimum absolute atomic E-state index is 0.674. The molecule has 0 saturated heterocycles. The van der Waals surface area contributed by atoms with E-state index in [9.17, 15) is 0 Å². The minimum Gasteiger partial charge on any atom is -0.290 e. The first-order valence-electron chi connectivity index (χ1n) is 7.79. The van der Waals surface area contributed by atoms with E-state index in [0.29, 0.717) is 5.92 Å². The van der Waals surface area contributed by atoms with Crippen LogP contribution in [0.15, 0.2) is 49.2 Å². The van der Waals surface area contributed by atoms with E-state index in [1.165, 1.54) is 48.4 Å². The number of pyridine rings is 1. The van der Waals surface area contributed by atoms with Gasteiger partial charge in [-0.15, -0.1) is 0 Å². The molecule has 1 aliphatic carbocycles. The average Bonchev–Trinajstić information content (AvgIpc) is 3.09. The molecule has 3 nitrogen and oxygen atoms in total. The Bertz CT molecular complexity index is 740. The number of fused-ring (bicyclic) bond motifs is 1. The van der Waals surface area contributed by atoms with Crippen molar-refractivity contribution in [2.45, 2.75) is 38.0 Å². The maximum absolute atomic E-state index is 4.75. The van der Waals surface area contributed by atoms with Gasteiger partial charge < -0.3 is 0 Å². The molecule has 1 fully saturated rings. The molecule has 0 aliphatic heterocycles. The van der Waals surface area contributed by atoms with Crippen LogP contribution in [0.3, 0.4) is 0 Å². The van der Waals surface area contributed by atoms with Crippen LogP contribution < -0.4 is 0 Å². The van der Waals surface area contributed by atoms with Gasteiger partial charge in [0.1, 0.15) is 12.1 Å². The van der Waals surface area contributed by atoms with Gasteiger partial charge in [0.15, 0.2) is 0 Å². The Morgan fingerprint density at radius 2 is 1.81 bits per heavy atom. The Labute approximate surface area is 124 Å². The zero-order valence-corrected chi connectivity index (χ0v) is 12.1. The SMILES string of the molecule is c1ccc2c(-n3ccnc3)ncc(C3CCCCC3)c2c1. The van der Waals surface area contributed by atoms with Gasteiger partial charge >= 0.3 is 0 Å². The van der Waals surface area contributed by atoms with E-state index in [1.54, 1.807) is 6.20 Å². The van der Waals surface area contributed by atoms with Crippen molar-refractivity contribution in [1.29, 1.82) is 0 Å². The summed E-state index contributed by atoms with van der Waals surface area (Å²) in [5.74, 6) is 1.65. The summed E-state index contributed by atoms with van der Waals surface area (Å²) in [4.78, 5) is 8.89. The third kappa shape index (κ3) is 2.23. The number of rotatable bonds is 2. The Hall–Kier alpha value is -2.16.